The summed E-state index contributed by atoms with van der Waals surface area (Å²) in [7, 11) is 0. The van der Waals surface area contributed by atoms with Crippen LogP contribution in [-0.4, -0.2) is 5.11 Å². The molecule has 1 N–H and O–H groups in total. The fourth-order valence-electron chi connectivity index (χ4n) is 2.19. The molecule has 0 aliphatic rings. The lowest BCUT2D eigenvalue weighted by atomic mass is 9.98. The van der Waals surface area contributed by atoms with Gasteiger partial charge in [0.25, 0.3) is 0 Å². The van der Waals surface area contributed by atoms with Crippen molar-refractivity contribution in [2.75, 3.05) is 0 Å². The molecule has 0 heterocycles. The van der Waals surface area contributed by atoms with Crippen molar-refractivity contribution >= 4 is 27.5 Å². The van der Waals surface area contributed by atoms with E-state index in [1.54, 1.807) is 12.1 Å². The summed E-state index contributed by atoms with van der Waals surface area (Å²) < 4.78 is 14.8. The fraction of sp³-hybridized carbons (Fsp3) is 0.250. The predicted molar refractivity (Wildman–Crippen MR) is 83.7 cm³/mol. The molecular formula is C16H15BrClFO. The van der Waals surface area contributed by atoms with Crippen molar-refractivity contribution in [3.8, 4) is 0 Å². The molecule has 0 aromatic heterocycles. The Morgan fingerprint density at radius 2 is 1.80 bits per heavy atom. The summed E-state index contributed by atoms with van der Waals surface area (Å²) in [6.07, 6.45) is -0.514. The Hall–Kier alpha value is -0.900. The monoisotopic (exact) mass is 356 g/mol. The van der Waals surface area contributed by atoms with Gasteiger partial charge >= 0.3 is 0 Å². The van der Waals surface area contributed by atoms with Crippen LogP contribution in [0.1, 0.15) is 28.4 Å². The Balaban J connectivity index is 2.26. The topological polar surface area (TPSA) is 20.2 Å². The molecular weight excluding hydrogens is 343 g/mol. The Kier molecular flexibility index (Phi) is 4.84. The number of aliphatic hydroxyl groups excluding tert-OH is 1. The summed E-state index contributed by atoms with van der Waals surface area (Å²) >= 11 is 9.21. The van der Waals surface area contributed by atoms with E-state index in [1.165, 1.54) is 6.07 Å². The molecule has 20 heavy (non-hydrogen) atoms. The van der Waals surface area contributed by atoms with Crippen LogP contribution >= 0.6 is 27.5 Å². The molecule has 1 unspecified atom stereocenters. The van der Waals surface area contributed by atoms with Gasteiger partial charge in [-0.25, -0.2) is 4.39 Å². The SMILES string of the molecule is Cc1cc(C(O)Cc2ccc(Cl)cc2F)cc(C)c1Br. The molecule has 0 spiro atoms. The average Bonchev–Trinajstić information content (AvgIpc) is 2.38. The number of benzene rings is 2. The molecule has 2 rings (SSSR count). The number of aliphatic hydroxyl groups is 1. The lowest BCUT2D eigenvalue weighted by Crippen LogP contribution is -2.04. The van der Waals surface area contributed by atoms with Gasteiger partial charge in [-0.3, -0.25) is 0 Å². The first-order chi connectivity index (χ1) is 9.38. The molecule has 0 aliphatic heterocycles. The third-order valence-corrected chi connectivity index (χ3v) is 4.76. The summed E-state index contributed by atoms with van der Waals surface area (Å²) in [5.41, 5.74) is 3.35. The van der Waals surface area contributed by atoms with E-state index in [0.29, 0.717) is 10.6 Å². The molecule has 0 saturated heterocycles. The molecule has 106 valence electrons. The summed E-state index contributed by atoms with van der Waals surface area (Å²) in [5, 5.41) is 10.6. The van der Waals surface area contributed by atoms with Gasteiger partial charge in [0, 0.05) is 15.9 Å². The van der Waals surface area contributed by atoms with Crippen LogP contribution in [0.4, 0.5) is 4.39 Å². The molecule has 0 amide bonds. The van der Waals surface area contributed by atoms with Gasteiger partial charge in [-0.15, -0.1) is 0 Å². The third kappa shape index (κ3) is 3.40. The van der Waals surface area contributed by atoms with Crippen LogP contribution in [0.15, 0.2) is 34.8 Å². The van der Waals surface area contributed by atoms with E-state index in [4.69, 9.17) is 11.6 Å². The van der Waals surface area contributed by atoms with Crippen molar-refractivity contribution in [1.29, 1.82) is 0 Å². The van der Waals surface area contributed by atoms with Gasteiger partial charge in [0.05, 0.1) is 6.10 Å². The minimum atomic E-state index is -0.740. The lowest BCUT2D eigenvalue weighted by molar-refractivity contribution is 0.177. The number of rotatable bonds is 3. The highest BCUT2D eigenvalue weighted by atomic mass is 79.9. The zero-order valence-corrected chi connectivity index (χ0v) is 13.6. The van der Waals surface area contributed by atoms with Crippen molar-refractivity contribution in [2.45, 2.75) is 26.4 Å². The highest BCUT2D eigenvalue weighted by molar-refractivity contribution is 9.10. The van der Waals surface area contributed by atoms with Gasteiger partial charge in [-0.1, -0.05) is 45.7 Å². The lowest BCUT2D eigenvalue weighted by Gasteiger charge is -2.15. The molecule has 0 bridgehead atoms. The minimum Gasteiger partial charge on any atom is -0.388 e. The third-order valence-electron chi connectivity index (χ3n) is 3.27. The highest BCUT2D eigenvalue weighted by Crippen LogP contribution is 2.28. The molecule has 0 aliphatic carbocycles. The quantitative estimate of drug-likeness (QED) is 0.807. The minimum absolute atomic E-state index is 0.226. The van der Waals surface area contributed by atoms with Gasteiger partial charge in [0.1, 0.15) is 5.82 Å². The maximum Gasteiger partial charge on any atom is 0.127 e. The van der Waals surface area contributed by atoms with Gasteiger partial charge in [-0.05, 0) is 48.2 Å². The number of halogens is 3. The summed E-state index contributed by atoms with van der Waals surface area (Å²) in [5.74, 6) is -0.387. The number of aryl methyl sites for hydroxylation is 2. The standard InChI is InChI=1S/C16H15BrClFO/c1-9-5-12(6-10(2)16(9)17)15(20)7-11-3-4-13(18)8-14(11)19/h3-6,8,15,20H,7H2,1-2H3. The van der Waals surface area contributed by atoms with Crippen LogP contribution in [0.2, 0.25) is 5.02 Å². The maximum atomic E-state index is 13.7. The Bertz CT molecular complexity index is 619. The van der Waals surface area contributed by atoms with E-state index in [2.05, 4.69) is 15.9 Å². The maximum absolute atomic E-state index is 13.7. The molecule has 4 heteroatoms. The van der Waals surface area contributed by atoms with Crippen LogP contribution < -0.4 is 0 Å². The zero-order valence-electron chi connectivity index (χ0n) is 11.3. The first kappa shape index (κ1) is 15.5. The number of hydrogen-bond donors (Lipinski definition) is 1. The highest BCUT2D eigenvalue weighted by Gasteiger charge is 2.14. The molecule has 2 aromatic carbocycles. The second kappa shape index (κ2) is 6.25. The number of hydrogen-bond acceptors (Lipinski definition) is 1. The van der Waals surface area contributed by atoms with Crippen molar-refractivity contribution in [1.82, 2.24) is 0 Å². The molecule has 1 nitrogen and oxygen atoms in total. The Morgan fingerprint density at radius 3 is 2.35 bits per heavy atom. The summed E-state index contributed by atoms with van der Waals surface area (Å²) in [6, 6.07) is 8.33. The van der Waals surface area contributed by atoms with E-state index in [1.807, 2.05) is 26.0 Å². The molecule has 1 atom stereocenters. The van der Waals surface area contributed by atoms with E-state index in [0.717, 1.165) is 21.2 Å². The van der Waals surface area contributed by atoms with Gasteiger partial charge in [0.15, 0.2) is 0 Å². The molecule has 0 saturated carbocycles. The van der Waals surface area contributed by atoms with Crippen molar-refractivity contribution in [2.24, 2.45) is 0 Å². The van der Waals surface area contributed by atoms with Gasteiger partial charge < -0.3 is 5.11 Å². The Labute approximate surface area is 131 Å². The van der Waals surface area contributed by atoms with E-state index in [9.17, 15) is 9.50 Å². The van der Waals surface area contributed by atoms with Crippen LogP contribution in [0.25, 0.3) is 0 Å². The molecule has 0 radical (unpaired) electrons. The second-order valence-corrected chi connectivity index (χ2v) is 6.15. The first-order valence-electron chi connectivity index (χ1n) is 6.27. The van der Waals surface area contributed by atoms with Crippen molar-refractivity contribution < 1.29 is 9.50 Å². The predicted octanol–water partition coefficient (Wildman–Crippen LogP) is 5.13. The largest absolute Gasteiger partial charge is 0.388 e. The molecule has 0 fully saturated rings. The van der Waals surface area contributed by atoms with Crippen molar-refractivity contribution in [3.05, 3.63) is 67.9 Å². The van der Waals surface area contributed by atoms with Gasteiger partial charge in [-0.2, -0.15) is 0 Å². The van der Waals surface area contributed by atoms with Gasteiger partial charge in [0.2, 0.25) is 0 Å². The molecule has 2 aromatic rings. The average molecular weight is 358 g/mol. The smallest absolute Gasteiger partial charge is 0.127 e. The van der Waals surface area contributed by atoms with Crippen LogP contribution in [-0.2, 0) is 6.42 Å². The normalized spacial score (nSPS) is 12.5. The fourth-order valence-corrected chi connectivity index (χ4v) is 2.57. The zero-order chi connectivity index (χ0) is 14.9. The van der Waals surface area contributed by atoms with E-state index >= 15 is 0 Å². The summed E-state index contributed by atoms with van der Waals surface area (Å²) in [6.45, 7) is 3.94. The second-order valence-electron chi connectivity index (χ2n) is 4.92. The van der Waals surface area contributed by atoms with E-state index in [-0.39, 0.29) is 12.2 Å². The van der Waals surface area contributed by atoms with Crippen molar-refractivity contribution in [3.63, 3.8) is 0 Å². The summed E-state index contributed by atoms with van der Waals surface area (Å²) in [4.78, 5) is 0. The first-order valence-corrected chi connectivity index (χ1v) is 7.44. The van der Waals surface area contributed by atoms with Crippen LogP contribution in [0, 0.1) is 19.7 Å². The van der Waals surface area contributed by atoms with Crippen LogP contribution in [0.5, 0.6) is 0 Å². The Morgan fingerprint density at radius 1 is 1.20 bits per heavy atom. The van der Waals surface area contributed by atoms with Crippen LogP contribution in [0.3, 0.4) is 0 Å². The van der Waals surface area contributed by atoms with E-state index < -0.39 is 6.10 Å².